The van der Waals surface area contributed by atoms with Gasteiger partial charge in [0.15, 0.2) is 0 Å². The van der Waals surface area contributed by atoms with Crippen LogP contribution < -0.4 is 14.4 Å². The monoisotopic (exact) mass is 425 g/mol. The smallest absolute Gasteiger partial charge is 0.341 e. The summed E-state index contributed by atoms with van der Waals surface area (Å²) in [5.74, 6) is 0.944. The van der Waals surface area contributed by atoms with Crippen molar-refractivity contribution in [1.29, 1.82) is 0 Å². The minimum absolute atomic E-state index is 0.0302. The summed E-state index contributed by atoms with van der Waals surface area (Å²) in [5.41, 5.74) is 2.21. The van der Waals surface area contributed by atoms with E-state index in [-0.39, 0.29) is 11.8 Å². The first-order valence-electron chi connectivity index (χ1n) is 10.9. The predicted octanol–water partition coefficient (Wildman–Crippen LogP) is 4.96. The Kier molecular flexibility index (Phi) is 7.93. The molecule has 6 nitrogen and oxygen atoms in total. The number of benzene rings is 2. The van der Waals surface area contributed by atoms with E-state index in [0.29, 0.717) is 30.9 Å². The molecule has 3 rings (SSSR count). The van der Waals surface area contributed by atoms with E-state index in [0.717, 1.165) is 23.4 Å². The Morgan fingerprint density at radius 2 is 1.84 bits per heavy atom. The van der Waals surface area contributed by atoms with Crippen LogP contribution in [-0.2, 0) is 9.53 Å². The quantitative estimate of drug-likeness (QED) is 0.398. The number of methoxy groups -OCH3 is 2. The van der Waals surface area contributed by atoms with E-state index in [1.165, 1.54) is 33.5 Å². The molecule has 0 saturated carbocycles. The Morgan fingerprint density at radius 1 is 1.06 bits per heavy atom. The van der Waals surface area contributed by atoms with Crippen LogP contribution in [0.4, 0.5) is 5.69 Å². The molecule has 0 spiro atoms. The fourth-order valence-corrected chi connectivity index (χ4v) is 3.86. The van der Waals surface area contributed by atoms with E-state index in [1.807, 2.05) is 36.4 Å². The third-order valence-corrected chi connectivity index (χ3v) is 5.64. The normalized spacial score (nSPS) is 15.8. The standard InChI is InChI=1S/C25H31NO5/c1-4-5-6-7-14-31-21-11-9-20(10-12-21)26-17-19(16-24(26)27)18-8-13-22(25(28)30-3)23(15-18)29-2/h8-13,15,19H,4-7,14,16-17H2,1-3H3. The number of anilines is 1. The summed E-state index contributed by atoms with van der Waals surface area (Å²) in [6.45, 7) is 3.49. The minimum Gasteiger partial charge on any atom is -0.496 e. The van der Waals surface area contributed by atoms with E-state index < -0.39 is 5.97 Å². The highest BCUT2D eigenvalue weighted by atomic mass is 16.5. The van der Waals surface area contributed by atoms with Crippen LogP contribution in [0.15, 0.2) is 42.5 Å². The molecule has 1 heterocycles. The number of nitrogens with zero attached hydrogens (tertiary/aromatic N) is 1. The van der Waals surface area contributed by atoms with Gasteiger partial charge in [0.1, 0.15) is 17.1 Å². The zero-order valence-corrected chi connectivity index (χ0v) is 18.6. The van der Waals surface area contributed by atoms with E-state index >= 15 is 0 Å². The zero-order chi connectivity index (χ0) is 22.2. The van der Waals surface area contributed by atoms with Gasteiger partial charge >= 0.3 is 5.97 Å². The van der Waals surface area contributed by atoms with Crippen molar-refractivity contribution >= 4 is 17.6 Å². The van der Waals surface area contributed by atoms with E-state index in [2.05, 4.69) is 6.92 Å². The Morgan fingerprint density at radius 3 is 2.52 bits per heavy atom. The number of amides is 1. The van der Waals surface area contributed by atoms with Gasteiger partial charge in [0.25, 0.3) is 0 Å². The first-order valence-corrected chi connectivity index (χ1v) is 10.9. The molecule has 1 amide bonds. The van der Waals surface area contributed by atoms with Gasteiger partial charge in [-0.1, -0.05) is 32.3 Å². The molecular weight excluding hydrogens is 394 g/mol. The number of unbranched alkanes of at least 4 members (excludes halogenated alkanes) is 3. The van der Waals surface area contributed by atoms with Crippen LogP contribution in [0.3, 0.4) is 0 Å². The Labute approximate surface area is 184 Å². The highest BCUT2D eigenvalue weighted by Gasteiger charge is 2.32. The summed E-state index contributed by atoms with van der Waals surface area (Å²) in [4.78, 5) is 26.4. The molecule has 1 unspecified atom stereocenters. The zero-order valence-electron chi connectivity index (χ0n) is 18.6. The number of carbonyl (C=O) groups excluding carboxylic acids is 2. The van der Waals surface area contributed by atoms with Gasteiger partial charge in [0.2, 0.25) is 5.91 Å². The summed E-state index contributed by atoms with van der Waals surface area (Å²) in [7, 11) is 2.86. The second-order valence-corrected chi connectivity index (χ2v) is 7.76. The second-order valence-electron chi connectivity index (χ2n) is 7.76. The molecule has 1 atom stereocenters. The van der Waals surface area contributed by atoms with Gasteiger partial charge in [-0.3, -0.25) is 4.79 Å². The van der Waals surface area contributed by atoms with Gasteiger partial charge in [0.05, 0.1) is 20.8 Å². The van der Waals surface area contributed by atoms with Gasteiger partial charge in [0, 0.05) is 24.6 Å². The molecule has 0 radical (unpaired) electrons. The van der Waals surface area contributed by atoms with Crippen molar-refractivity contribution < 1.29 is 23.8 Å². The van der Waals surface area contributed by atoms with Crippen LogP contribution >= 0.6 is 0 Å². The summed E-state index contributed by atoms with van der Waals surface area (Å²) in [6.07, 6.45) is 5.10. The molecule has 31 heavy (non-hydrogen) atoms. The van der Waals surface area contributed by atoms with Crippen molar-refractivity contribution in [2.24, 2.45) is 0 Å². The number of ether oxygens (including phenoxy) is 3. The fraction of sp³-hybridized carbons (Fsp3) is 0.440. The van der Waals surface area contributed by atoms with Gasteiger partial charge < -0.3 is 19.1 Å². The van der Waals surface area contributed by atoms with Gasteiger partial charge in [-0.25, -0.2) is 4.79 Å². The van der Waals surface area contributed by atoms with E-state index in [9.17, 15) is 9.59 Å². The minimum atomic E-state index is -0.444. The van der Waals surface area contributed by atoms with Crippen molar-refractivity contribution in [2.75, 3.05) is 32.3 Å². The Bertz CT molecular complexity index is 893. The maximum atomic E-state index is 12.7. The number of hydrogen-bond acceptors (Lipinski definition) is 5. The molecule has 0 aromatic heterocycles. The Hall–Kier alpha value is -3.02. The van der Waals surface area contributed by atoms with Crippen molar-refractivity contribution in [3.8, 4) is 11.5 Å². The molecule has 6 heteroatoms. The van der Waals surface area contributed by atoms with Crippen LogP contribution in [-0.4, -0.2) is 39.2 Å². The summed E-state index contributed by atoms with van der Waals surface area (Å²) >= 11 is 0. The SMILES string of the molecule is CCCCCCOc1ccc(N2CC(c3ccc(C(=O)OC)c(OC)c3)CC2=O)cc1. The average molecular weight is 426 g/mol. The van der Waals surface area contributed by atoms with Crippen LogP contribution in [0.25, 0.3) is 0 Å². The maximum absolute atomic E-state index is 12.7. The van der Waals surface area contributed by atoms with Crippen LogP contribution in [0, 0.1) is 0 Å². The third kappa shape index (κ3) is 5.57. The highest BCUT2D eigenvalue weighted by molar-refractivity contribution is 5.97. The van der Waals surface area contributed by atoms with Crippen LogP contribution in [0.1, 0.15) is 60.9 Å². The van der Waals surface area contributed by atoms with Gasteiger partial charge in [-0.05, 0) is 48.4 Å². The molecule has 2 aromatic rings. The van der Waals surface area contributed by atoms with Crippen LogP contribution in [0.5, 0.6) is 11.5 Å². The molecular formula is C25H31NO5. The number of hydrogen-bond donors (Lipinski definition) is 0. The van der Waals surface area contributed by atoms with Gasteiger partial charge in [-0.15, -0.1) is 0 Å². The summed E-state index contributed by atoms with van der Waals surface area (Å²) in [5, 5.41) is 0. The Balaban J connectivity index is 1.64. The molecule has 0 bridgehead atoms. The lowest BCUT2D eigenvalue weighted by Crippen LogP contribution is -2.24. The lowest BCUT2D eigenvalue weighted by Gasteiger charge is -2.18. The van der Waals surface area contributed by atoms with Crippen molar-refractivity contribution in [2.45, 2.75) is 44.9 Å². The fourth-order valence-electron chi connectivity index (χ4n) is 3.86. The predicted molar refractivity (Wildman–Crippen MR) is 120 cm³/mol. The van der Waals surface area contributed by atoms with Crippen molar-refractivity contribution in [3.05, 3.63) is 53.6 Å². The topological polar surface area (TPSA) is 65.1 Å². The number of carbonyl (C=O) groups is 2. The maximum Gasteiger partial charge on any atom is 0.341 e. The van der Waals surface area contributed by atoms with E-state index in [4.69, 9.17) is 14.2 Å². The third-order valence-electron chi connectivity index (χ3n) is 5.64. The molecule has 1 aliphatic heterocycles. The lowest BCUT2D eigenvalue weighted by molar-refractivity contribution is -0.117. The van der Waals surface area contributed by atoms with Crippen molar-refractivity contribution in [3.63, 3.8) is 0 Å². The summed E-state index contributed by atoms with van der Waals surface area (Å²) < 4.78 is 16.0. The molecule has 1 saturated heterocycles. The first-order chi connectivity index (χ1) is 15.1. The molecule has 166 valence electrons. The summed E-state index contributed by atoms with van der Waals surface area (Å²) in [6, 6.07) is 13.1. The lowest BCUT2D eigenvalue weighted by atomic mass is 9.96. The average Bonchev–Trinajstić information content (AvgIpc) is 3.20. The first kappa shape index (κ1) is 22.7. The number of rotatable bonds is 10. The molecule has 0 aliphatic carbocycles. The van der Waals surface area contributed by atoms with Crippen LogP contribution in [0.2, 0.25) is 0 Å². The van der Waals surface area contributed by atoms with Crippen molar-refractivity contribution in [1.82, 2.24) is 0 Å². The largest absolute Gasteiger partial charge is 0.496 e. The number of esters is 1. The molecule has 1 fully saturated rings. The molecule has 2 aromatic carbocycles. The van der Waals surface area contributed by atoms with Gasteiger partial charge in [-0.2, -0.15) is 0 Å². The highest BCUT2D eigenvalue weighted by Crippen LogP contribution is 2.35. The molecule has 1 aliphatic rings. The molecule has 0 N–H and O–H groups in total. The van der Waals surface area contributed by atoms with E-state index in [1.54, 1.807) is 11.0 Å². The second kappa shape index (κ2) is 10.8.